The van der Waals surface area contributed by atoms with Crippen molar-refractivity contribution in [2.45, 2.75) is 6.92 Å². The van der Waals surface area contributed by atoms with Crippen LogP contribution in [0.1, 0.15) is 12.5 Å². The molecule has 0 aliphatic rings. The van der Waals surface area contributed by atoms with Gasteiger partial charge in [0, 0.05) is 12.4 Å². The number of carbonyl (C=O) groups excluding carboxylic acids is 2. The summed E-state index contributed by atoms with van der Waals surface area (Å²) in [4.78, 5) is 25.9. The number of ether oxygens (including phenoxy) is 1. The minimum Gasteiger partial charge on any atom is -0.460 e. The highest BCUT2D eigenvalue weighted by molar-refractivity contribution is 6.39. The van der Waals surface area contributed by atoms with Crippen LogP contribution in [0.4, 0.5) is 0 Å². The van der Waals surface area contributed by atoms with Gasteiger partial charge in [0.1, 0.15) is 0 Å². The Morgan fingerprint density at radius 3 is 2.93 bits per heavy atom. The molecule has 78 valence electrons. The van der Waals surface area contributed by atoms with Gasteiger partial charge in [-0.25, -0.2) is 4.79 Å². The van der Waals surface area contributed by atoms with Crippen LogP contribution in [-0.2, 0) is 14.3 Å². The predicted octanol–water partition coefficient (Wildman–Crippen LogP) is 1.23. The van der Waals surface area contributed by atoms with Crippen molar-refractivity contribution in [2.75, 3.05) is 6.61 Å². The van der Waals surface area contributed by atoms with Crippen LogP contribution in [0.15, 0.2) is 30.6 Å². The highest BCUT2D eigenvalue weighted by atomic mass is 16.5. The number of carbonyl (C=O) groups is 2. The zero-order valence-corrected chi connectivity index (χ0v) is 8.34. The summed E-state index contributed by atoms with van der Waals surface area (Å²) in [7, 11) is 0. The molecule has 0 aromatic carbocycles. The molecule has 0 radical (unpaired) electrons. The maximum Gasteiger partial charge on any atom is 0.379 e. The Morgan fingerprint density at radius 1 is 1.53 bits per heavy atom. The molecule has 0 amide bonds. The Labute approximate surface area is 87.6 Å². The fourth-order valence-corrected chi connectivity index (χ4v) is 0.917. The van der Waals surface area contributed by atoms with Crippen LogP contribution in [0.25, 0.3) is 6.08 Å². The van der Waals surface area contributed by atoms with Gasteiger partial charge in [-0.05, 0) is 30.7 Å². The van der Waals surface area contributed by atoms with E-state index in [0.29, 0.717) is 0 Å². The zero-order valence-electron chi connectivity index (χ0n) is 8.34. The van der Waals surface area contributed by atoms with Gasteiger partial charge in [0.05, 0.1) is 6.61 Å². The second kappa shape index (κ2) is 5.70. The molecule has 4 heteroatoms. The third-order valence-electron chi connectivity index (χ3n) is 1.59. The lowest BCUT2D eigenvalue weighted by atomic mass is 10.2. The van der Waals surface area contributed by atoms with Crippen molar-refractivity contribution in [3.8, 4) is 0 Å². The lowest BCUT2D eigenvalue weighted by molar-refractivity contribution is -0.151. The predicted molar refractivity (Wildman–Crippen MR) is 54.9 cm³/mol. The number of hydrogen-bond donors (Lipinski definition) is 0. The second-order valence-electron chi connectivity index (χ2n) is 2.70. The monoisotopic (exact) mass is 205 g/mol. The minimum atomic E-state index is -0.836. The molecule has 0 bridgehead atoms. The molecule has 0 saturated carbocycles. The average Bonchev–Trinajstić information content (AvgIpc) is 2.27. The maximum atomic E-state index is 11.1. The molecule has 1 rings (SSSR count). The van der Waals surface area contributed by atoms with Crippen LogP contribution in [0.3, 0.4) is 0 Å². The summed E-state index contributed by atoms with van der Waals surface area (Å²) < 4.78 is 4.54. The molecule has 15 heavy (non-hydrogen) atoms. The number of ketones is 1. The van der Waals surface area contributed by atoms with Gasteiger partial charge < -0.3 is 4.74 Å². The molecule has 0 atom stereocenters. The molecular formula is C11H11NO3. The average molecular weight is 205 g/mol. The minimum absolute atomic E-state index is 0.200. The molecule has 0 unspecified atom stereocenters. The van der Waals surface area contributed by atoms with E-state index in [9.17, 15) is 9.59 Å². The Bertz CT molecular complexity index is 371. The van der Waals surface area contributed by atoms with Gasteiger partial charge in [0.15, 0.2) is 0 Å². The fourth-order valence-electron chi connectivity index (χ4n) is 0.917. The van der Waals surface area contributed by atoms with Gasteiger partial charge in [-0.3, -0.25) is 9.78 Å². The number of esters is 1. The van der Waals surface area contributed by atoms with Gasteiger partial charge in [0.2, 0.25) is 0 Å². The van der Waals surface area contributed by atoms with E-state index in [1.807, 2.05) is 0 Å². The lowest BCUT2D eigenvalue weighted by Gasteiger charge is -1.95. The summed E-state index contributed by atoms with van der Waals surface area (Å²) >= 11 is 0. The number of rotatable bonds is 4. The zero-order chi connectivity index (χ0) is 11.1. The first-order valence-electron chi connectivity index (χ1n) is 4.53. The molecular weight excluding hydrogens is 194 g/mol. The topological polar surface area (TPSA) is 56.3 Å². The highest BCUT2D eigenvalue weighted by Gasteiger charge is 2.09. The van der Waals surface area contributed by atoms with E-state index in [2.05, 4.69) is 9.72 Å². The summed E-state index contributed by atoms with van der Waals surface area (Å²) in [5, 5.41) is 0. The first kappa shape index (κ1) is 11.1. The summed E-state index contributed by atoms with van der Waals surface area (Å²) in [5.41, 5.74) is 0.759. The highest BCUT2D eigenvalue weighted by Crippen LogP contribution is 1.98. The van der Waals surface area contributed by atoms with Crippen molar-refractivity contribution in [1.29, 1.82) is 0 Å². The van der Waals surface area contributed by atoms with Crippen LogP contribution in [0.5, 0.6) is 0 Å². The van der Waals surface area contributed by atoms with E-state index < -0.39 is 11.8 Å². The largest absolute Gasteiger partial charge is 0.460 e. The normalized spacial score (nSPS) is 10.2. The van der Waals surface area contributed by atoms with Gasteiger partial charge >= 0.3 is 5.97 Å². The van der Waals surface area contributed by atoms with Crippen LogP contribution in [0, 0.1) is 0 Å². The van der Waals surface area contributed by atoms with Crippen LogP contribution in [0.2, 0.25) is 0 Å². The summed E-state index contributed by atoms with van der Waals surface area (Å²) in [6.45, 7) is 1.85. The van der Waals surface area contributed by atoms with Crippen LogP contribution < -0.4 is 0 Å². The van der Waals surface area contributed by atoms with Crippen LogP contribution in [-0.4, -0.2) is 23.3 Å². The molecule has 0 aliphatic heterocycles. The molecule has 1 aromatic heterocycles. The first-order chi connectivity index (χ1) is 7.24. The molecule has 4 nitrogen and oxygen atoms in total. The molecule has 0 fully saturated rings. The number of nitrogens with zero attached hydrogens (tertiary/aromatic N) is 1. The molecule has 0 aliphatic carbocycles. The summed E-state index contributed by atoms with van der Waals surface area (Å²) in [6, 6.07) is 3.52. The molecule has 1 heterocycles. The van der Waals surface area contributed by atoms with Crippen molar-refractivity contribution >= 4 is 17.8 Å². The first-order valence-corrected chi connectivity index (χ1v) is 4.53. The number of pyridine rings is 1. The molecule has 0 saturated heterocycles. The quantitative estimate of drug-likeness (QED) is 0.421. The third kappa shape index (κ3) is 3.72. The van der Waals surface area contributed by atoms with Crippen molar-refractivity contribution in [3.05, 3.63) is 36.2 Å². The van der Waals surface area contributed by atoms with E-state index in [4.69, 9.17) is 0 Å². The van der Waals surface area contributed by atoms with Crippen molar-refractivity contribution in [3.63, 3.8) is 0 Å². The number of hydrogen-bond acceptors (Lipinski definition) is 4. The standard InChI is InChI=1S/C11H11NO3/c1-2-15-11(14)10(13)6-5-9-4-3-7-12-8-9/h3-8H,2H2,1H3. The van der Waals surface area contributed by atoms with Crippen molar-refractivity contribution in [1.82, 2.24) is 4.98 Å². The molecule has 0 spiro atoms. The Hall–Kier alpha value is -1.97. The maximum absolute atomic E-state index is 11.1. The van der Waals surface area contributed by atoms with E-state index in [1.54, 1.807) is 31.5 Å². The Morgan fingerprint density at radius 2 is 2.33 bits per heavy atom. The summed E-state index contributed by atoms with van der Waals surface area (Å²) in [6.07, 6.45) is 5.92. The summed E-state index contributed by atoms with van der Waals surface area (Å²) in [5.74, 6) is -1.50. The van der Waals surface area contributed by atoms with E-state index in [0.717, 1.165) is 5.56 Å². The number of aromatic nitrogens is 1. The lowest BCUT2D eigenvalue weighted by Crippen LogP contribution is -2.14. The molecule has 1 aromatic rings. The van der Waals surface area contributed by atoms with Gasteiger partial charge in [-0.2, -0.15) is 0 Å². The van der Waals surface area contributed by atoms with Crippen molar-refractivity contribution < 1.29 is 14.3 Å². The second-order valence-corrected chi connectivity index (χ2v) is 2.70. The molecule has 0 N–H and O–H groups in total. The van der Waals surface area contributed by atoms with E-state index in [1.165, 1.54) is 12.2 Å². The van der Waals surface area contributed by atoms with E-state index >= 15 is 0 Å². The van der Waals surface area contributed by atoms with Gasteiger partial charge in [0.25, 0.3) is 5.78 Å². The Kier molecular flexibility index (Phi) is 4.22. The van der Waals surface area contributed by atoms with Crippen molar-refractivity contribution in [2.24, 2.45) is 0 Å². The smallest absolute Gasteiger partial charge is 0.379 e. The van der Waals surface area contributed by atoms with E-state index in [-0.39, 0.29) is 6.61 Å². The van der Waals surface area contributed by atoms with Crippen LogP contribution >= 0.6 is 0 Å². The van der Waals surface area contributed by atoms with Gasteiger partial charge in [-0.15, -0.1) is 0 Å². The fraction of sp³-hybridized carbons (Fsp3) is 0.182. The van der Waals surface area contributed by atoms with Gasteiger partial charge in [-0.1, -0.05) is 6.07 Å². The third-order valence-corrected chi connectivity index (χ3v) is 1.59. The Balaban J connectivity index is 2.59. The SMILES string of the molecule is CCOC(=O)C(=O)C=Cc1cccnc1.